The maximum absolute atomic E-state index is 13.7. The number of carbonyl (C=O) groups excluding carboxylic acids is 1. The van der Waals surface area contributed by atoms with Crippen molar-refractivity contribution in [1.82, 2.24) is 14.5 Å². The summed E-state index contributed by atoms with van der Waals surface area (Å²) in [5.41, 5.74) is 4.04. The molecule has 6 heteroatoms. The molecule has 0 spiro atoms. The Hall–Kier alpha value is -2.86. The van der Waals surface area contributed by atoms with Crippen LogP contribution in [0.2, 0.25) is 0 Å². The molecule has 1 fully saturated rings. The number of rotatable bonds is 10. The molecule has 0 bridgehead atoms. The van der Waals surface area contributed by atoms with E-state index in [2.05, 4.69) is 60.3 Å². The zero-order valence-corrected chi connectivity index (χ0v) is 23.4. The molecule has 0 unspecified atom stereocenters. The summed E-state index contributed by atoms with van der Waals surface area (Å²) in [6.07, 6.45) is 5.40. The van der Waals surface area contributed by atoms with Crippen LogP contribution in [0.3, 0.4) is 0 Å². The Kier molecular flexibility index (Phi) is 8.58. The number of aromatic nitrogens is 2. The molecule has 37 heavy (non-hydrogen) atoms. The molecule has 0 radical (unpaired) electrons. The molecule has 1 aliphatic heterocycles. The average Bonchev–Trinajstić information content (AvgIpc) is 3.19. The van der Waals surface area contributed by atoms with Crippen molar-refractivity contribution in [3.8, 4) is 5.75 Å². The molecule has 1 N–H and O–H groups in total. The van der Waals surface area contributed by atoms with Gasteiger partial charge in [-0.25, -0.2) is 0 Å². The lowest BCUT2D eigenvalue weighted by atomic mass is 9.88. The minimum absolute atomic E-state index is 0.0743. The summed E-state index contributed by atoms with van der Waals surface area (Å²) in [7, 11) is 1.56. The van der Waals surface area contributed by atoms with Crippen LogP contribution in [-0.2, 0) is 6.42 Å². The third-order valence-corrected chi connectivity index (χ3v) is 8.61. The summed E-state index contributed by atoms with van der Waals surface area (Å²) in [6, 6.07) is 11.1. The highest BCUT2D eigenvalue weighted by molar-refractivity contribution is 6.09. The first-order valence-corrected chi connectivity index (χ1v) is 13.9. The summed E-state index contributed by atoms with van der Waals surface area (Å²) in [5.74, 6) is 1.20. The van der Waals surface area contributed by atoms with Gasteiger partial charge in [-0.2, -0.15) is 0 Å². The lowest BCUT2D eigenvalue weighted by Crippen LogP contribution is -2.42. The van der Waals surface area contributed by atoms with Gasteiger partial charge in [0.15, 0.2) is 5.78 Å². The fourth-order valence-corrected chi connectivity index (χ4v) is 6.52. The number of ether oxygens (including phenoxy) is 1. The number of piperidine rings is 1. The molecular formula is C31H43N3O3. The Labute approximate surface area is 221 Å². The van der Waals surface area contributed by atoms with Gasteiger partial charge in [0.2, 0.25) is 0 Å². The molecule has 4 rings (SSSR count). The fraction of sp³-hybridized carbons (Fsp3) is 0.548. The first-order valence-electron chi connectivity index (χ1n) is 13.9. The van der Waals surface area contributed by atoms with E-state index < -0.39 is 0 Å². The molecule has 1 aliphatic rings. The number of aromatic amines is 1. The highest BCUT2D eigenvalue weighted by Crippen LogP contribution is 2.37. The Morgan fingerprint density at radius 3 is 2.46 bits per heavy atom. The normalized spacial score (nSPS) is 16.0. The average molecular weight is 506 g/mol. The van der Waals surface area contributed by atoms with E-state index in [0.29, 0.717) is 35.7 Å². The second-order valence-electron chi connectivity index (χ2n) is 10.7. The van der Waals surface area contributed by atoms with Crippen LogP contribution in [0.1, 0.15) is 86.2 Å². The number of ketones is 1. The Morgan fingerprint density at radius 2 is 1.81 bits per heavy atom. The van der Waals surface area contributed by atoms with Gasteiger partial charge in [-0.05, 0) is 84.0 Å². The number of benzene rings is 1. The molecule has 200 valence electrons. The monoisotopic (exact) mass is 505 g/mol. The number of H-pyrrole nitrogens is 1. The standard InChI is InChI=1S/C31H43N3O3/c1-7-24(8-2)33-17-15-23(16-18-33)21(4)34-22(5)30(25-11-9-10-12-27(25)34)28(35)14-13-26-29(37-6)19-20(3)32-31(26)36/h9-12,19,21,23-24H,7-8,13-18H2,1-6H3,(H,32,36)/t21-/m1/s1. The second kappa shape index (κ2) is 11.7. The van der Waals surface area contributed by atoms with Crippen LogP contribution in [0.5, 0.6) is 5.75 Å². The van der Waals surface area contributed by atoms with Crippen LogP contribution in [0.15, 0.2) is 35.1 Å². The van der Waals surface area contributed by atoms with Crippen molar-refractivity contribution in [2.75, 3.05) is 20.2 Å². The smallest absolute Gasteiger partial charge is 0.255 e. The molecule has 1 aromatic carbocycles. The fourth-order valence-electron chi connectivity index (χ4n) is 6.52. The van der Waals surface area contributed by atoms with Gasteiger partial charge >= 0.3 is 0 Å². The number of methoxy groups -OCH3 is 1. The quantitative estimate of drug-likeness (QED) is 0.332. The number of pyridine rings is 1. The molecule has 0 amide bonds. The molecule has 3 aromatic rings. The van der Waals surface area contributed by atoms with Crippen LogP contribution >= 0.6 is 0 Å². The van der Waals surface area contributed by atoms with E-state index in [4.69, 9.17) is 4.74 Å². The number of likely N-dealkylation sites (tertiary alicyclic amines) is 1. The minimum Gasteiger partial charge on any atom is -0.496 e. The van der Waals surface area contributed by atoms with Gasteiger partial charge in [-0.15, -0.1) is 0 Å². The summed E-state index contributed by atoms with van der Waals surface area (Å²) in [4.78, 5) is 31.7. The number of nitrogens with one attached hydrogen (secondary N) is 1. The number of Topliss-reactive ketones (excluding diaryl/α,β-unsaturated/α-hetero) is 1. The van der Waals surface area contributed by atoms with Gasteiger partial charge in [-0.3, -0.25) is 9.59 Å². The van der Waals surface area contributed by atoms with Gasteiger partial charge in [0, 0.05) is 46.4 Å². The first kappa shape index (κ1) is 27.2. The van der Waals surface area contributed by atoms with E-state index in [0.717, 1.165) is 40.9 Å². The second-order valence-corrected chi connectivity index (χ2v) is 10.7. The molecular weight excluding hydrogens is 462 g/mol. The van der Waals surface area contributed by atoms with Gasteiger partial charge in [0.1, 0.15) is 5.75 Å². The molecule has 0 aliphatic carbocycles. The largest absolute Gasteiger partial charge is 0.496 e. The van der Waals surface area contributed by atoms with Crippen molar-refractivity contribution >= 4 is 16.7 Å². The third-order valence-electron chi connectivity index (χ3n) is 8.61. The molecule has 0 saturated carbocycles. The first-order chi connectivity index (χ1) is 17.8. The Morgan fingerprint density at radius 1 is 1.14 bits per heavy atom. The molecule has 2 aromatic heterocycles. The zero-order valence-electron chi connectivity index (χ0n) is 23.4. The van der Waals surface area contributed by atoms with Crippen molar-refractivity contribution in [2.24, 2.45) is 5.92 Å². The van der Waals surface area contributed by atoms with Gasteiger partial charge in [0.25, 0.3) is 5.56 Å². The van der Waals surface area contributed by atoms with Crippen LogP contribution < -0.4 is 10.3 Å². The summed E-state index contributed by atoms with van der Waals surface area (Å²) in [6.45, 7) is 13.1. The topological polar surface area (TPSA) is 67.3 Å². The SMILES string of the molecule is CCC(CC)N1CCC([C@@H](C)n2c(C)c(C(=O)CCc3c(OC)cc(C)[nH]c3=O)c3ccccc32)CC1. The minimum atomic E-state index is -0.183. The highest BCUT2D eigenvalue weighted by atomic mass is 16.5. The number of para-hydroxylation sites is 1. The lowest BCUT2D eigenvalue weighted by molar-refractivity contribution is 0.0981. The maximum atomic E-state index is 13.7. The Bertz CT molecular complexity index is 1290. The third kappa shape index (κ3) is 5.40. The van der Waals surface area contributed by atoms with E-state index >= 15 is 0 Å². The number of hydrogen-bond acceptors (Lipinski definition) is 4. The van der Waals surface area contributed by atoms with Crippen molar-refractivity contribution in [3.63, 3.8) is 0 Å². The van der Waals surface area contributed by atoms with Crippen LogP contribution in [0.25, 0.3) is 10.9 Å². The van der Waals surface area contributed by atoms with Crippen molar-refractivity contribution < 1.29 is 9.53 Å². The number of nitrogens with zero attached hydrogens (tertiary/aromatic N) is 2. The number of fused-ring (bicyclic) bond motifs is 1. The molecule has 1 atom stereocenters. The highest BCUT2D eigenvalue weighted by Gasteiger charge is 2.30. The van der Waals surface area contributed by atoms with E-state index in [9.17, 15) is 9.59 Å². The van der Waals surface area contributed by atoms with Gasteiger partial charge < -0.3 is 19.2 Å². The maximum Gasteiger partial charge on any atom is 0.255 e. The Balaban J connectivity index is 1.59. The molecule has 3 heterocycles. The van der Waals surface area contributed by atoms with Crippen molar-refractivity contribution in [3.05, 3.63) is 63.2 Å². The molecule has 1 saturated heterocycles. The zero-order chi connectivity index (χ0) is 26.7. The number of hydrogen-bond donors (Lipinski definition) is 1. The van der Waals surface area contributed by atoms with E-state index in [1.54, 1.807) is 7.11 Å². The van der Waals surface area contributed by atoms with E-state index in [1.165, 1.54) is 25.7 Å². The van der Waals surface area contributed by atoms with Crippen LogP contribution in [-0.4, -0.2) is 46.5 Å². The predicted molar refractivity (Wildman–Crippen MR) is 151 cm³/mol. The van der Waals surface area contributed by atoms with Crippen LogP contribution in [0, 0.1) is 19.8 Å². The summed E-state index contributed by atoms with van der Waals surface area (Å²) in [5, 5.41) is 1.01. The van der Waals surface area contributed by atoms with Crippen LogP contribution in [0.4, 0.5) is 0 Å². The van der Waals surface area contributed by atoms with Crippen molar-refractivity contribution in [2.45, 2.75) is 85.2 Å². The molecule has 6 nitrogen and oxygen atoms in total. The van der Waals surface area contributed by atoms with E-state index in [-0.39, 0.29) is 17.8 Å². The van der Waals surface area contributed by atoms with Gasteiger partial charge in [0.05, 0.1) is 12.7 Å². The summed E-state index contributed by atoms with van der Waals surface area (Å²) < 4.78 is 7.84. The number of carbonyl (C=O) groups is 1. The number of aryl methyl sites for hydroxylation is 1. The van der Waals surface area contributed by atoms with E-state index in [1.807, 2.05) is 19.1 Å². The lowest BCUT2D eigenvalue weighted by Gasteiger charge is -2.39. The van der Waals surface area contributed by atoms with Gasteiger partial charge in [-0.1, -0.05) is 32.0 Å². The predicted octanol–water partition coefficient (Wildman–Crippen LogP) is 6.23. The summed E-state index contributed by atoms with van der Waals surface area (Å²) >= 11 is 0. The van der Waals surface area contributed by atoms with Crippen molar-refractivity contribution in [1.29, 1.82) is 0 Å².